The average Bonchev–Trinajstić information content (AvgIpc) is 2.66. The number of halogens is 1. The zero-order chi connectivity index (χ0) is 21.0. The maximum absolute atomic E-state index is 11.3. The molecule has 1 aliphatic carbocycles. The Labute approximate surface area is 186 Å². The lowest BCUT2D eigenvalue weighted by Gasteiger charge is -2.37. The number of hydrogen-bond donors (Lipinski definition) is 1. The van der Waals surface area contributed by atoms with Crippen LogP contribution in [0.5, 0.6) is 5.75 Å². The fourth-order valence-electron chi connectivity index (χ4n) is 4.27. The molecular weight excluding hydrogens is 398 g/mol. The minimum atomic E-state index is -0.787. The number of fused-ring (bicyclic) bond motifs is 1. The van der Waals surface area contributed by atoms with Gasteiger partial charge in [-0.3, -0.25) is 9.69 Å². The van der Waals surface area contributed by atoms with Gasteiger partial charge in [-0.2, -0.15) is 0 Å². The van der Waals surface area contributed by atoms with Gasteiger partial charge in [0.05, 0.1) is 13.2 Å². The molecule has 0 amide bonds. The molecule has 4 nitrogen and oxygen atoms in total. The van der Waals surface area contributed by atoms with Crippen LogP contribution < -0.4 is 4.74 Å². The van der Waals surface area contributed by atoms with Crippen molar-refractivity contribution >= 4 is 18.4 Å². The largest absolute Gasteiger partial charge is 0.493 e. The minimum absolute atomic E-state index is 0. The molecule has 0 radical (unpaired) electrons. The molecule has 0 aromatic heterocycles. The molecule has 0 heterocycles. The van der Waals surface area contributed by atoms with E-state index in [-0.39, 0.29) is 30.4 Å². The number of rotatable bonds is 7. The number of carboxylic acid groups (broad SMARTS) is 1. The third-order valence-electron chi connectivity index (χ3n) is 5.56. The van der Waals surface area contributed by atoms with E-state index in [1.54, 1.807) is 0 Å². The highest BCUT2D eigenvalue weighted by Crippen LogP contribution is 2.38. The van der Waals surface area contributed by atoms with E-state index in [0.717, 1.165) is 25.0 Å². The van der Waals surface area contributed by atoms with Crippen LogP contribution in [0.25, 0.3) is 0 Å². The van der Waals surface area contributed by atoms with Crippen molar-refractivity contribution in [2.24, 2.45) is 11.3 Å². The van der Waals surface area contributed by atoms with E-state index in [9.17, 15) is 9.90 Å². The van der Waals surface area contributed by atoms with E-state index in [1.165, 1.54) is 16.7 Å². The molecule has 0 saturated carbocycles. The summed E-state index contributed by atoms with van der Waals surface area (Å²) in [5.41, 5.74) is 4.04. The number of carbonyl (C=O) groups is 1. The zero-order valence-electron chi connectivity index (χ0n) is 18.4. The third-order valence-corrected chi connectivity index (χ3v) is 5.56. The lowest BCUT2D eigenvalue weighted by molar-refractivity contribution is -0.138. The molecule has 0 saturated heterocycles. The molecule has 3 rings (SSSR count). The second-order valence-electron chi connectivity index (χ2n) is 9.45. The van der Waals surface area contributed by atoms with E-state index in [1.807, 2.05) is 30.1 Å². The quantitative estimate of drug-likeness (QED) is 0.638. The summed E-state index contributed by atoms with van der Waals surface area (Å²) in [6, 6.07) is 16.9. The first-order valence-corrected chi connectivity index (χ1v) is 10.4. The van der Waals surface area contributed by atoms with E-state index in [4.69, 9.17) is 4.74 Å². The van der Waals surface area contributed by atoms with Crippen molar-refractivity contribution in [2.75, 3.05) is 20.2 Å². The van der Waals surface area contributed by atoms with E-state index in [0.29, 0.717) is 12.5 Å². The zero-order valence-corrected chi connectivity index (χ0v) is 19.2. The maximum atomic E-state index is 11.3. The molecule has 2 atom stereocenters. The summed E-state index contributed by atoms with van der Waals surface area (Å²) >= 11 is 0. The standard InChI is InChI=1S/C25H33NO3.ClH/c1-25(2,3)17-29-22-13-12-19-14-21(11-10-20(19)15-22)24(26(4)16-23(27)28)18-8-6-5-7-9-18;/h5-9,12-13,15,21,24H,10-11,14,16-17H2,1-4H3,(H,27,28);1H. The van der Waals surface area contributed by atoms with Gasteiger partial charge < -0.3 is 9.84 Å². The van der Waals surface area contributed by atoms with Gasteiger partial charge in [0, 0.05) is 6.04 Å². The van der Waals surface area contributed by atoms with Crippen molar-refractivity contribution in [3.8, 4) is 5.75 Å². The lowest BCUT2D eigenvalue weighted by Crippen LogP contribution is -2.36. The normalized spacial score (nSPS) is 17.0. The van der Waals surface area contributed by atoms with Crippen molar-refractivity contribution in [3.63, 3.8) is 0 Å². The van der Waals surface area contributed by atoms with Gasteiger partial charge in [0.2, 0.25) is 0 Å². The predicted molar refractivity (Wildman–Crippen MR) is 124 cm³/mol. The molecule has 5 heteroatoms. The highest BCUT2D eigenvalue weighted by Gasteiger charge is 2.31. The highest BCUT2D eigenvalue weighted by atomic mass is 35.5. The van der Waals surface area contributed by atoms with Gasteiger partial charge in [-0.05, 0) is 66.5 Å². The van der Waals surface area contributed by atoms with Gasteiger partial charge in [-0.1, -0.05) is 57.2 Å². The third kappa shape index (κ3) is 6.48. The summed E-state index contributed by atoms with van der Waals surface area (Å²) in [6.45, 7) is 7.26. The Morgan fingerprint density at radius 3 is 2.50 bits per heavy atom. The maximum Gasteiger partial charge on any atom is 0.317 e. The SMILES string of the molecule is CN(CC(=O)O)C(c1ccccc1)C1CCc2cc(OCC(C)(C)C)ccc2C1.Cl. The van der Waals surface area contributed by atoms with Crippen LogP contribution in [-0.4, -0.2) is 36.2 Å². The van der Waals surface area contributed by atoms with Gasteiger partial charge in [-0.15, -0.1) is 12.4 Å². The Hall–Kier alpha value is -2.04. The number of likely N-dealkylation sites (N-methyl/N-ethyl adjacent to an activating group) is 1. The smallest absolute Gasteiger partial charge is 0.317 e. The highest BCUT2D eigenvalue weighted by molar-refractivity contribution is 5.85. The number of aliphatic carboxylic acids is 1. The van der Waals surface area contributed by atoms with Gasteiger partial charge in [0.25, 0.3) is 0 Å². The number of carboxylic acids is 1. The molecule has 2 aromatic carbocycles. The van der Waals surface area contributed by atoms with Crippen LogP contribution in [0.1, 0.15) is 49.9 Å². The van der Waals surface area contributed by atoms with Gasteiger partial charge in [0.1, 0.15) is 5.75 Å². The van der Waals surface area contributed by atoms with Gasteiger partial charge in [-0.25, -0.2) is 0 Å². The number of benzene rings is 2. The molecule has 0 bridgehead atoms. The topological polar surface area (TPSA) is 49.8 Å². The van der Waals surface area contributed by atoms with Crippen molar-refractivity contribution in [1.29, 1.82) is 0 Å². The van der Waals surface area contributed by atoms with Crippen LogP contribution in [-0.2, 0) is 17.6 Å². The fourth-order valence-corrected chi connectivity index (χ4v) is 4.27. The first kappa shape index (κ1) is 24.2. The summed E-state index contributed by atoms with van der Waals surface area (Å²) in [4.78, 5) is 13.3. The van der Waals surface area contributed by atoms with Crippen LogP contribution in [0, 0.1) is 11.3 Å². The Bertz CT molecular complexity index is 832. The Balaban J connectivity index is 0.00000320. The Morgan fingerprint density at radius 2 is 1.87 bits per heavy atom. The molecule has 0 aliphatic heterocycles. The van der Waals surface area contributed by atoms with Crippen molar-refractivity contribution in [3.05, 3.63) is 65.2 Å². The van der Waals surface area contributed by atoms with E-state index in [2.05, 4.69) is 51.1 Å². The monoisotopic (exact) mass is 431 g/mol. The molecule has 2 aromatic rings. The average molecular weight is 432 g/mol. The van der Waals surface area contributed by atoms with Crippen molar-refractivity contribution in [2.45, 2.75) is 46.1 Å². The molecule has 164 valence electrons. The summed E-state index contributed by atoms with van der Waals surface area (Å²) in [5, 5.41) is 9.32. The predicted octanol–water partition coefficient (Wildman–Crippen LogP) is 5.40. The molecule has 1 aliphatic rings. The summed E-state index contributed by atoms with van der Waals surface area (Å²) in [5.74, 6) is 0.542. The van der Waals surface area contributed by atoms with Crippen LogP contribution in [0.4, 0.5) is 0 Å². The number of ether oxygens (including phenoxy) is 1. The summed E-state index contributed by atoms with van der Waals surface area (Å²) < 4.78 is 5.99. The molecule has 1 N–H and O–H groups in total. The lowest BCUT2D eigenvalue weighted by atomic mass is 9.77. The van der Waals surface area contributed by atoms with Gasteiger partial charge >= 0.3 is 5.97 Å². The molecule has 2 unspecified atom stereocenters. The number of hydrogen-bond acceptors (Lipinski definition) is 3. The summed E-state index contributed by atoms with van der Waals surface area (Å²) in [6.07, 6.45) is 2.99. The molecule has 0 fully saturated rings. The van der Waals surface area contributed by atoms with Crippen molar-refractivity contribution < 1.29 is 14.6 Å². The number of nitrogens with zero attached hydrogens (tertiary/aromatic N) is 1. The van der Waals surface area contributed by atoms with E-state index >= 15 is 0 Å². The van der Waals surface area contributed by atoms with Crippen LogP contribution in [0.15, 0.2) is 48.5 Å². The first-order chi connectivity index (χ1) is 13.7. The number of aryl methyl sites for hydroxylation is 1. The van der Waals surface area contributed by atoms with Crippen LogP contribution in [0.3, 0.4) is 0 Å². The second-order valence-corrected chi connectivity index (χ2v) is 9.45. The minimum Gasteiger partial charge on any atom is -0.493 e. The Morgan fingerprint density at radius 1 is 1.17 bits per heavy atom. The Kier molecular flexibility index (Phi) is 8.34. The second kappa shape index (κ2) is 10.3. The van der Waals surface area contributed by atoms with Crippen LogP contribution in [0.2, 0.25) is 0 Å². The molecule has 0 spiro atoms. The van der Waals surface area contributed by atoms with Crippen molar-refractivity contribution in [1.82, 2.24) is 4.90 Å². The molecular formula is C25H34ClNO3. The van der Waals surface area contributed by atoms with E-state index < -0.39 is 5.97 Å². The van der Waals surface area contributed by atoms with Gasteiger partial charge in [0.15, 0.2) is 0 Å². The molecule has 30 heavy (non-hydrogen) atoms. The summed E-state index contributed by atoms with van der Waals surface area (Å²) in [7, 11) is 1.92. The van der Waals surface area contributed by atoms with Crippen LogP contribution >= 0.6 is 12.4 Å². The fraction of sp³-hybridized carbons (Fsp3) is 0.480. The first-order valence-electron chi connectivity index (χ1n) is 10.4.